The fourth-order valence-corrected chi connectivity index (χ4v) is 9.04. The molecular formula is C32H34N2NiO2P2S2+2. The first-order valence-electron chi connectivity index (χ1n) is 12.9. The first kappa shape index (κ1) is 36.8. The molecule has 0 aliphatic heterocycles. The summed E-state index contributed by atoms with van der Waals surface area (Å²) in [6.45, 7) is 2.84. The molecule has 0 aliphatic rings. The van der Waals surface area contributed by atoms with Gasteiger partial charge in [0.25, 0.3) is 0 Å². The molecule has 0 radical (unpaired) electrons. The Morgan fingerprint density at radius 2 is 0.683 bits per heavy atom. The van der Waals surface area contributed by atoms with Gasteiger partial charge in [0.2, 0.25) is 0 Å². The van der Waals surface area contributed by atoms with Gasteiger partial charge in [-0.25, -0.2) is 0 Å². The molecule has 0 spiro atoms. The number of rotatable bonds is 13. The molecule has 41 heavy (non-hydrogen) atoms. The van der Waals surface area contributed by atoms with Gasteiger partial charge in [0.15, 0.2) is 0 Å². The van der Waals surface area contributed by atoms with Gasteiger partial charge in [0, 0.05) is 0 Å². The normalized spacial score (nSPS) is 9.71. The Bertz CT molecular complexity index is 1080. The summed E-state index contributed by atoms with van der Waals surface area (Å²) in [7, 11) is -1.66. The van der Waals surface area contributed by atoms with Crippen LogP contribution in [0.15, 0.2) is 121 Å². The van der Waals surface area contributed by atoms with Crippen molar-refractivity contribution in [2.45, 2.75) is 0 Å². The second-order valence-corrected chi connectivity index (χ2v) is 13.9. The van der Waals surface area contributed by atoms with Gasteiger partial charge >= 0.3 is 16.5 Å². The SMILES string of the molecule is [N-]=C=S.[N-]=C=S.[Ni+2].c1ccc([PH+](CCOCCOCC[PH+](c2ccccc2)c2ccccc2)c2ccccc2)cc1. The second-order valence-electron chi connectivity index (χ2n) is 8.33. The Morgan fingerprint density at radius 3 is 0.902 bits per heavy atom. The van der Waals surface area contributed by atoms with E-state index in [-0.39, 0.29) is 16.5 Å². The van der Waals surface area contributed by atoms with Crippen molar-refractivity contribution in [2.24, 2.45) is 0 Å². The monoisotopic (exact) mass is 662 g/mol. The quantitative estimate of drug-likeness (QED) is 0.0574. The van der Waals surface area contributed by atoms with E-state index in [1.54, 1.807) is 0 Å². The van der Waals surface area contributed by atoms with Crippen LogP contribution in [0.3, 0.4) is 0 Å². The van der Waals surface area contributed by atoms with E-state index < -0.39 is 15.8 Å². The van der Waals surface area contributed by atoms with E-state index in [4.69, 9.17) is 20.3 Å². The maximum atomic E-state index is 7.13. The van der Waals surface area contributed by atoms with Crippen molar-refractivity contribution in [1.29, 1.82) is 0 Å². The molecule has 0 unspecified atom stereocenters. The van der Waals surface area contributed by atoms with Crippen LogP contribution in [-0.2, 0) is 26.0 Å². The molecule has 0 heterocycles. The predicted octanol–water partition coefficient (Wildman–Crippen LogP) is 6.06. The largest absolute Gasteiger partial charge is 2.00 e. The van der Waals surface area contributed by atoms with Crippen molar-refractivity contribution < 1.29 is 26.0 Å². The van der Waals surface area contributed by atoms with E-state index in [9.17, 15) is 0 Å². The van der Waals surface area contributed by atoms with E-state index in [1.807, 2.05) is 0 Å². The number of thiocarbonyl (C=S) groups is 2. The summed E-state index contributed by atoms with van der Waals surface area (Å²) in [4.78, 5) is 0. The molecule has 0 amide bonds. The Labute approximate surface area is 267 Å². The van der Waals surface area contributed by atoms with Crippen LogP contribution in [0.1, 0.15) is 0 Å². The molecular weight excluding hydrogens is 629 g/mol. The standard InChI is InChI=1S/C30H32O2P2.2CNS.Ni/c1-5-13-27(14-6-1)33(28-15-7-2-8-16-28)25-23-31-21-22-32-24-26-34(29-17-9-3-10-18-29)30-19-11-4-12-20-30;2*2-1-3;/h1-20H,21-26H2;;;/q;2*-1;+2/p+2. The maximum Gasteiger partial charge on any atom is 2.00 e. The summed E-state index contributed by atoms with van der Waals surface area (Å²) in [5.41, 5.74) is 0. The van der Waals surface area contributed by atoms with Gasteiger partial charge in [-0.1, -0.05) is 97.2 Å². The Morgan fingerprint density at radius 1 is 0.463 bits per heavy atom. The summed E-state index contributed by atoms with van der Waals surface area (Å²) >= 11 is 7.40. The molecule has 0 aliphatic carbocycles. The summed E-state index contributed by atoms with van der Waals surface area (Å²) < 4.78 is 12.0. The van der Waals surface area contributed by atoms with Gasteiger partial charge in [0.1, 0.15) is 0 Å². The van der Waals surface area contributed by atoms with Crippen LogP contribution in [0.2, 0.25) is 0 Å². The third-order valence-corrected chi connectivity index (χ3v) is 11.4. The zero-order valence-corrected chi connectivity index (χ0v) is 27.3. The first-order valence-corrected chi connectivity index (χ1v) is 17.1. The molecule has 0 aromatic heterocycles. The number of ether oxygens (including phenoxy) is 2. The third kappa shape index (κ3) is 15.0. The average Bonchev–Trinajstić information content (AvgIpc) is 3.01. The van der Waals surface area contributed by atoms with Gasteiger partial charge in [0.05, 0.1) is 75.8 Å². The summed E-state index contributed by atoms with van der Waals surface area (Å²) in [5, 5.41) is 22.7. The minimum atomic E-state index is -0.830. The molecule has 0 N–H and O–H groups in total. The third-order valence-electron chi connectivity index (χ3n) is 5.85. The zero-order valence-electron chi connectivity index (χ0n) is 22.6. The van der Waals surface area contributed by atoms with Gasteiger partial charge in [-0.15, -0.1) is 0 Å². The summed E-state index contributed by atoms with van der Waals surface area (Å²) in [6.07, 6.45) is 2.13. The molecule has 0 bridgehead atoms. The molecule has 4 rings (SSSR count). The smallest absolute Gasteiger partial charge is 0.753 e. The van der Waals surface area contributed by atoms with Crippen LogP contribution in [-0.4, -0.2) is 49.1 Å². The number of benzene rings is 4. The van der Waals surface area contributed by atoms with Crippen molar-refractivity contribution >= 4 is 71.8 Å². The molecule has 4 aromatic carbocycles. The van der Waals surface area contributed by atoms with Crippen molar-refractivity contribution in [3.05, 3.63) is 132 Å². The number of isothiocyanates is 2. The van der Waals surface area contributed by atoms with Crippen LogP contribution in [0, 0.1) is 0 Å². The second kappa shape index (κ2) is 24.4. The Kier molecular flexibility index (Phi) is 21.9. The van der Waals surface area contributed by atoms with E-state index >= 15 is 0 Å². The van der Waals surface area contributed by atoms with E-state index in [2.05, 4.69) is 146 Å². The van der Waals surface area contributed by atoms with Crippen LogP contribution < -0.4 is 21.2 Å². The van der Waals surface area contributed by atoms with Crippen molar-refractivity contribution in [3.63, 3.8) is 0 Å². The molecule has 4 nitrogen and oxygen atoms in total. The molecule has 0 saturated carbocycles. The Balaban J connectivity index is 0.00000111. The van der Waals surface area contributed by atoms with Crippen LogP contribution in [0.4, 0.5) is 0 Å². The van der Waals surface area contributed by atoms with E-state index in [0.29, 0.717) is 13.2 Å². The van der Waals surface area contributed by atoms with Crippen LogP contribution >= 0.6 is 40.3 Å². The van der Waals surface area contributed by atoms with E-state index in [1.165, 1.54) is 31.5 Å². The number of hydrogen-bond acceptors (Lipinski definition) is 4. The van der Waals surface area contributed by atoms with Crippen molar-refractivity contribution in [2.75, 3.05) is 38.8 Å². The zero-order chi connectivity index (χ0) is 28.7. The van der Waals surface area contributed by atoms with Gasteiger partial charge in [-0.3, -0.25) is 0 Å². The van der Waals surface area contributed by atoms with Crippen LogP contribution in [0.25, 0.3) is 10.8 Å². The molecule has 214 valence electrons. The summed E-state index contributed by atoms with van der Waals surface area (Å²) in [5.74, 6) is 0. The van der Waals surface area contributed by atoms with Crippen LogP contribution in [0.5, 0.6) is 0 Å². The van der Waals surface area contributed by atoms with Gasteiger partial charge in [-0.2, -0.15) is 10.3 Å². The minimum absolute atomic E-state index is 0. The number of hydrogen-bond donors (Lipinski definition) is 0. The molecule has 0 saturated heterocycles. The summed E-state index contributed by atoms with van der Waals surface area (Å²) in [6, 6.07) is 43.5. The Hall–Kier alpha value is -2.25. The topological polar surface area (TPSA) is 63.1 Å². The predicted molar refractivity (Wildman–Crippen MR) is 184 cm³/mol. The molecule has 9 heteroatoms. The molecule has 0 atom stereocenters. The number of nitrogens with zero attached hydrogens (tertiary/aromatic N) is 2. The van der Waals surface area contributed by atoms with Crippen molar-refractivity contribution in [3.8, 4) is 0 Å². The average molecular weight is 663 g/mol. The molecule has 4 aromatic rings. The van der Waals surface area contributed by atoms with Crippen molar-refractivity contribution in [1.82, 2.24) is 0 Å². The van der Waals surface area contributed by atoms with E-state index in [0.717, 1.165) is 25.5 Å². The minimum Gasteiger partial charge on any atom is -0.753 e. The first-order chi connectivity index (χ1) is 19.7. The van der Waals surface area contributed by atoms with Gasteiger partial charge < -0.3 is 20.3 Å². The fourth-order valence-electron chi connectivity index (χ4n) is 4.14. The maximum absolute atomic E-state index is 7.13. The fraction of sp³-hybridized carbons (Fsp3) is 0.188. The van der Waals surface area contributed by atoms with Gasteiger partial charge in [-0.05, 0) is 48.5 Å². The molecule has 0 fully saturated rings.